The summed E-state index contributed by atoms with van der Waals surface area (Å²) in [6.45, 7) is 0.115. The third-order valence-corrected chi connectivity index (χ3v) is 6.15. The zero-order valence-electron chi connectivity index (χ0n) is 18.0. The highest BCUT2D eigenvalue weighted by Crippen LogP contribution is 2.39. The molecule has 0 aliphatic heterocycles. The Kier molecular flexibility index (Phi) is 7.42. The van der Waals surface area contributed by atoms with Crippen LogP contribution in [0.15, 0.2) is 83.3 Å². The standard InChI is InChI=1S/C26H26BrN3O3/c27-20-10-6-18(7-11-20)16-33-26(32)30-24(14-17-4-2-1-3-5-17)25(31)29-21-12-8-19(9-13-21)22-15-23(22)28/h1-13,22-24H,14-16,28H2,(H,29,31)(H,30,32)/t22-,23+,24?/m0/s1. The van der Waals surface area contributed by atoms with Gasteiger partial charge < -0.3 is 21.1 Å². The molecule has 0 heterocycles. The maximum Gasteiger partial charge on any atom is 0.408 e. The fourth-order valence-corrected chi connectivity index (χ4v) is 3.88. The zero-order valence-corrected chi connectivity index (χ0v) is 19.6. The van der Waals surface area contributed by atoms with Crippen LogP contribution in [0.25, 0.3) is 0 Å². The number of benzene rings is 3. The SMILES string of the molecule is N[C@@H]1C[C@H]1c1ccc(NC(=O)C(Cc2ccccc2)NC(=O)OCc2ccc(Br)cc2)cc1. The Labute approximate surface area is 201 Å². The van der Waals surface area contributed by atoms with Gasteiger partial charge >= 0.3 is 6.09 Å². The number of alkyl carbamates (subject to hydrolysis) is 1. The van der Waals surface area contributed by atoms with Crippen molar-refractivity contribution < 1.29 is 14.3 Å². The van der Waals surface area contributed by atoms with E-state index in [0.717, 1.165) is 22.0 Å². The number of halogens is 1. The predicted octanol–water partition coefficient (Wildman–Crippen LogP) is 4.74. The van der Waals surface area contributed by atoms with Gasteiger partial charge in [-0.15, -0.1) is 0 Å². The molecule has 0 aromatic heterocycles. The zero-order chi connectivity index (χ0) is 23.2. The molecule has 1 fully saturated rings. The van der Waals surface area contributed by atoms with Crippen molar-refractivity contribution in [3.05, 3.63) is 100 Å². The van der Waals surface area contributed by atoms with Crippen molar-refractivity contribution in [1.29, 1.82) is 0 Å². The van der Waals surface area contributed by atoms with Crippen molar-refractivity contribution >= 4 is 33.6 Å². The quantitative estimate of drug-likeness (QED) is 0.410. The smallest absolute Gasteiger partial charge is 0.408 e. The van der Waals surface area contributed by atoms with E-state index in [9.17, 15) is 9.59 Å². The van der Waals surface area contributed by atoms with E-state index >= 15 is 0 Å². The summed E-state index contributed by atoms with van der Waals surface area (Å²) in [4.78, 5) is 25.5. The predicted molar refractivity (Wildman–Crippen MR) is 132 cm³/mol. The van der Waals surface area contributed by atoms with E-state index in [-0.39, 0.29) is 18.6 Å². The molecule has 4 rings (SSSR count). The van der Waals surface area contributed by atoms with Gasteiger partial charge in [0.05, 0.1) is 0 Å². The summed E-state index contributed by atoms with van der Waals surface area (Å²) in [6.07, 6.45) is 0.693. The van der Waals surface area contributed by atoms with Crippen LogP contribution in [0.4, 0.5) is 10.5 Å². The Hall–Kier alpha value is -3.16. The number of carbonyl (C=O) groups is 2. The maximum atomic E-state index is 13.0. The number of rotatable bonds is 8. The fourth-order valence-electron chi connectivity index (χ4n) is 3.61. The van der Waals surface area contributed by atoms with E-state index in [1.165, 1.54) is 5.56 Å². The summed E-state index contributed by atoms with van der Waals surface area (Å²) in [7, 11) is 0. The van der Waals surface area contributed by atoms with Gasteiger partial charge in [-0.2, -0.15) is 0 Å². The Morgan fingerprint density at radius 3 is 2.27 bits per heavy atom. The van der Waals surface area contributed by atoms with Gasteiger partial charge in [-0.25, -0.2) is 4.79 Å². The topological polar surface area (TPSA) is 93.5 Å². The number of nitrogens with one attached hydrogen (secondary N) is 2. The highest BCUT2D eigenvalue weighted by molar-refractivity contribution is 9.10. The van der Waals surface area contributed by atoms with Crippen LogP contribution in [0.2, 0.25) is 0 Å². The van der Waals surface area contributed by atoms with Gasteiger partial charge in [-0.1, -0.05) is 70.5 Å². The van der Waals surface area contributed by atoms with Gasteiger partial charge in [0, 0.05) is 28.5 Å². The first-order valence-electron chi connectivity index (χ1n) is 10.9. The molecule has 1 unspecified atom stereocenters. The van der Waals surface area contributed by atoms with Gasteiger partial charge in [0.1, 0.15) is 12.6 Å². The lowest BCUT2D eigenvalue weighted by Crippen LogP contribution is -2.45. The number of anilines is 1. The van der Waals surface area contributed by atoms with E-state index in [1.54, 1.807) is 0 Å². The largest absolute Gasteiger partial charge is 0.445 e. The Morgan fingerprint density at radius 2 is 1.64 bits per heavy atom. The second-order valence-electron chi connectivity index (χ2n) is 8.21. The number of amides is 2. The molecule has 3 aromatic rings. The lowest BCUT2D eigenvalue weighted by molar-refractivity contribution is -0.118. The Morgan fingerprint density at radius 1 is 0.970 bits per heavy atom. The molecule has 33 heavy (non-hydrogen) atoms. The molecule has 2 amide bonds. The fraction of sp³-hybridized carbons (Fsp3) is 0.231. The van der Waals surface area contributed by atoms with Gasteiger partial charge in [0.25, 0.3) is 0 Å². The van der Waals surface area contributed by atoms with Crippen LogP contribution < -0.4 is 16.4 Å². The van der Waals surface area contributed by atoms with Crippen LogP contribution in [-0.2, 0) is 22.6 Å². The minimum atomic E-state index is -0.790. The van der Waals surface area contributed by atoms with Crippen LogP contribution in [-0.4, -0.2) is 24.1 Å². The van der Waals surface area contributed by atoms with Crippen LogP contribution in [0.5, 0.6) is 0 Å². The van der Waals surface area contributed by atoms with Crippen molar-refractivity contribution in [3.8, 4) is 0 Å². The van der Waals surface area contributed by atoms with E-state index in [1.807, 2.05) is 78.9 Å². The molecule has 6 nitrogen and oxygen atoms in total. The van der Waals surface area contributed by atoms with E-state index < -0.39 is 12.1 Å². The summed E-state index contributed by atoms with van der Waals surface area (Å²) >= 11 is 3.38. The first-order valence-corrected chi connectivity index (χ1v) is 11.7. The number of hydrogen-bond donors (Lipinski definition) is 3. The molecule has 3 atom stereocenters. The maximum absolute atomic E-state index is 13.0. The molecule has 0 radical (unpaired) electrons. The first kappa shape index (κ1) is 23.0. The monoisotopic (exact) mass is 507 g/mol. The minimum absolute atomic E-state index is 0.115. The Bertz CT molecular complexity index is 1090. The molecule has 170 valence electrons. The van der Waals surface area contributed by atoms with Gasteiger partial charge in [0.2, 0.25) is 5.91 Å². The van der Waals surface area contributed by atoms with Crippen molar-refractivity contribution in [1.82, 2.24) is 5.32 Å². The molecule has 1 aliphatic carbocycles. The van der Waals surface area contributed by atoms with E-state index in [0.29, 0.717) is 18.0 Å². The molecule has 0 saturated heterocycles. The molecule has 3 aromatic carbocycles. The summed E-state index contributed by atoms with van der Waals surface area (Å²) in [6, 6.07) is 24.2. The summed E-state index contributed by atoms with van der Waals surface area (Å²) in [5.74, 6) is 0.0954. The summed E-state index contributed by atoms with van der Waals surface area (Å²) in [5, 5.41) is 5.61. The lowest BCUT2D eigenvalue weighted by atomic mass is 10.1. The second kappa shape index (κ2) is 10.6. The van der Waals surface area contributed by atoms with Crippen LogP contribution in [0.1, 0.15) is 29.0 Å². The third kappa shape index (κ3) is 6.66. The van der Waals surface area contributed by atoms with E-state index in [4.69, 9.17) is 10.5 Å². The first-order chi connectivity index (χ1) is 16.0. The average molecular weight is 508 g/mol. The van der Waals surface area contributed by atoms with Crippen molar-refractivity contribution in [2.24, 2.45) is 5.73 Å². The lowest BCUT2D eigenvalue weighted by Gasteiger charge is -2.19. The number of hydrogen-bond acceptors (Lipinski definition) is 4. The minimum Gasteiger partial charge on any atom is -0.445 e. The number of carbonyl (C=O) groups excluding carboxylic acids is 2. The van der Waals surface area contributed by atoms with Crippen molar-refractivity contribution in [2.45, 2.75) is 37.5 Å². The molecule has 0 bridgehead atoms. The molecular weight excluding hydrogens is 482 g/mol. The molecule has 1 aliphatic rings. The van der Waals surface area contributed by atoms with Gasteiger partial charge in [-0.05, 0) is 47.4 Å². The highest BCUT2D eigenvalue weighted by Gasteiger charge is 2.34. The Balaban J connectivity index is 1.39. The molecule has 4 N–H and O–H groups in total. The normalized spacial score (nSPS) is 17.6. The summed E-state index contributed by atoms with van der Waals surface area (Å²) < 4.78 is 6.29. The third-order valence-electron chi connectivity index (χ3n) is 5.62. The van der Waals surface area contributed by atoms with Crippen molar-refractivity contribution in [3.63, 3.8) is 0 Å². The van der Waals surface area contributed by atoms with Gasteiger partial charge in [0.15, 0.2) is 0 Å². The van der Waals surface area contributed by atoms with Crippen LogP contribution in [0.3, 0.4) is 0 Å². The number of nitrogens with two attached hydrogens (primary N) is 1. The highest BCUT2D eigenvalue weighted by atomic mass is 79.9. The van der Waals surface area contributed by atoms with Crippen LogP contribution >= 0.6 is 15.9 Å². The van der Waals surface area contributed by atoms with E-state index in [2.05, 4.69) is 26.6 Å². The summed E-state index contributed by atoms with van der Waals surface area (Å²) in [5.41, 5.74) is 9.55. The average Bonchev–Trinajstić information content (AvgIpc) is 3.56. The number of ether oxygens (including phenoxy) is 1. The van der Waals surface area contributed by atoms with Crippen LogP contribution in [0, 0.1) is 0 Å². The van der Waals surface area contributed by atoms with Crippen molar-refractivity contribution in [2.75, 3.05) is 5.32 Å². The molecule has 1 saturated carbocycles. The molecule has 0 spiro atoms. The molecular formula is C26H26BrN3O3. The second-order valence-corrected chi connectivity index (χ2v) is 9.12. The van der Waals surface area contributed by atoms with Gasteiger partial charge in [-0.3, -0.25) is 4.79 Å². The molecule has 7 heteroatoms.